The summed E-state index contributed by atoms with van der Waals surface area (Å²) in [7, 11) is 0. The smallest absolute Gasteiger partial charge is 0.305 e. The molecule has 1 amide bonds. The molecule has 0 radical (unpaired) electrons. The quantitative estimate of drug-likeness (QED) is 0.0244. The first-order valence-electron chi connectivity index (χ1n) is 30.9. The van der Waals surface area contributed by atoms with Crippen LogP contribution in [-0.4, -0.2) is 47.4 Å². The van der Waals surface area contributed by atoms with Gasteiger partial charge in [-0.2, -0.15) is 0 Å². The van der Waals surface area contributed by atoms with Crippen LogP contribution in [0.2, 0.25) is 0 Å². The van der Waals surface area contributed by atoms with E-state index >= 15 is 0 Å². The van der Waals surface area contributed by atoms with Crippen LogP contribution < -0.4 is 5.32 Å². The van der Waals surface area contributed by atoms with Gasteiger partial charge in [-0.25, -0.2) is 0 Å². The summed E-state index contributed by atoms with van der Waals surface area (Å²) >= 11 is 0. The van der Waals surface area contributed by atoms with Gasteiger partial charge in [-0.15, -0.1) is 0 Å². The van der Waals surface area contributed by atoms with Gasteiger partial charge in [-0.3, -0.25) is 9.59 Å². The van der Waals surface area contributed by atoms with Crippen LogP contribution in [0.15, 0.2) is 48.6 Å². The van der Waals surface area contributed by atoms with Crippen molar-refractivity contribution in [2.75, 3.05) is 13.2 Å². The average Bonchev–Trinajstić information content (AvgIpc) is 3.36. The molecular formula is C64H119NO5. The van der Waals surface area contributed by atoms with E-state index in [-0.39, 0.29) is 18.5 Å². The van der Waals surface area contributed by atoms with Gasteiger partial charge in [0.25, 0.3) is 0 Å². The van der Waals surface area contributed by atoms with Gasteiger partial charge in [0.1, 0.15) is 0 Å². The number of allylic oxidation sites excluding steroid dienone is 7. The minimum atomic E-state index is -0.852. The highest BCUT2D eigenvalue weighted by Gasteiger charge is 2.18. The van der Waals surface area contributed by atoms with Crippen LogP contribution in [0.4, 0.5) is 0 Å². The van der Waals surface area contributed by atoms with E-state index in [9.17, 15) is 19.8 Å². The highest BCUT2D eigenvalue weighted by atomic mass is 16.5. The summed E-state index contributed by atoms with van der Waals surface area (Å²) in [6.45, 7) is 4.87. The van der Waals surface area contributed by atoms with Crippen molar-refractivity contribution in [2.45, 2.75) is 334 Å². The van der Waals surface area contributed by atoms with Crippen molar-refractivity contribution in [3.8, 4) is 0 Å². The number of hydrogen-bond acceptors (Lipinski definition) is 5. The van der Waals surface area contributed by atoms with E-state index in [1.54, 1.807) is 6.08 Å². The molecule has 0 aromatic carbocycles. The Hall–Kier alpha value is -2.18. The predicted octanol–water partition coefficient (Wildman–Crippen LogP) is 19.4. The van der Waals surface area contributed by atoms with E-state index < -0.39 is 12.1 Å². The van der Waals surface area contributed by atoms with Crippen LogP contribution in [0.1, 0.15) is 322 Å². The first-order chi connectivity index (χ1) is 34.5. The Bertz CT molecular complexity index is 1180. The maximum Gasteiger partial charge on any atom is 0.305 e. The Kier molecular flexibility index (Phi) is 57.5. The molecule has 0 saturated carbocycles. The molecule has 6 nitrogen and oxygen atoms in total. The standard InChI is InChI=1S/C64H119NO5/c1-3-5-7-9-11-13-15-17-19-24-28-32-36-40-44-48-52-56-62(67)61(60-66)65-63(68)57-53-49-45-41-37-33-29-26-22-21-23-27-31-35-39-43-47-51-55-59-70-64(69)58-54-50-46-42-38-34-30-25-20-18-16-14-12-10-8-6-4-2/h18,20,27,31,35,39,52,56,61-62,66-67H,3-17,19,21-26,28-30,32-34,36-38,40-51,53-55,57-60H2,1-2H3,(H,65,68)/b20-18-,31-27-,39-35-,56-52+. The van der Waals surface area contributed by atoms with Crippen LogP contribution >= 0.6 is 0 Å². The van der Waals surface area contributed by atoms with Crippen molar-refractivity contribution >= 4 is 11.9 Å². The zero-order chi connectivity index (χ0) is 50.7. The van der Waals surface area contributed by atoms with Crippen molar-refractivity contribution in [3.63, 3.8) is 0 Å². The summed E-state index contributed by atoms with van der Waals surface area (Å²) < 4.78 is 5.46. The molecule has 0 bridgehead atoms. The van der Waals surface area contributed by atoms with Crippen molar-refractivity contribution in [1.29, 1.82) is 0 Å². The van der Waals surface area contributed by atoms with Gasteiger partial charge in [-0.05, 0) is 89.9 Å². The normalized spacial score (nSPS) is 12.9. The first kappa shape index (κ1) is 67.8. The van der Waals surface area contributed by atoms with Crippen molar-refractivity contribution in [2.24, 2.45) is 0 Å². The lowest BCUT2D eigenvalue weighted by Gasteiger charge is -2.20. The fourth-order valence-corrected chi connectivity index (χ4v) is 9.33. The molecule has 3 N–H and O–H groups in total. The highest BCUT2D eigenvalue weighted by molar-refractivity contribution is 5.76. The Labute approximate surface area is 436 Å². The van der Waals surface area contributed by atoms with Gasteiger partial charge in [-0.1, -0.05) is 268 Å². The molecular weight excluding hydrogens is 863 g/mol. The van der Waals surface area contributed by atoms with E-state index in [1.165, 1.54) is 218 Å². The van der Waals surface area contributed by atoms with Crippen LogP contribution in [0, 0.1) is 0 Å². The summed E-state index contributed by atoms with van der Waals surface area (Å²) in [5, 5.41) is 23.1. The van der Waals surface area contributed by atoms with Gasteiger partial charge in [0.05, 0.1) is 25.4 Å². The van der Waals surface area contributed by atoms with Crippen LogP contribution in [0.3, 0.4) is 0 Å². The number of esters is 1. The zero-order valence-corrected chi connectivity index (χ0v) is 46.7. The first-order valence-corrected chi connectivity index (χ1v) is 30.9. The lowest BCUT2D eigenvalue weighted by atomic mass is 10.0. The summed E-state index contributed by atoms with van der Waals surface area (Å²) in [4.78, 5) is 24.5. The van der Waals surface area contributed by atoms with E-state index in [2.05, 4.69) is 55.6 Å². The molecule has 0 heterocycles. The molecule has 0 rings (SSSR count). The third-order valence-electron chi connectivity index (χ3n) is 14.1. The molecule has 0 fully saturated rings. The maximum absolute atomic E-state index is 12.5. The van der Waals surface area contributed by atoms with Crippen LogP contribution in [0.5, 0.6) is 0 Å². The topological polar surface area (TPSA) is 95.9 Å². The lowest BCUT2D eigenvalue weighted by Crippen LogP contribution is -2.45. The van der Waals surface area contributed by atoms with Gasteiger partial charge in [0, 0.05) is 12.8 Å². The Balaban J connectivity index is 3.50. The van der Waals surface area contributed by atoms with E-state index in [1.807, 2.05) is 6.08 Å². The molecule has 2 atom stereocenters. The Morgan fingerprint density at radius 1 is 0.400 bits per heavy atom. The minimum Gasteiger partial charge on any atom is -0.466 e. The van der Waals surface area contributed by atoms with Gasteiger partial charge < -0.3 is 20.3 Å². The molecule has 70 heavy (non-hydrogen) atoms. The van der Waals surface area contributed by atoms with Gasteiger partial charge in [0.15, 0.2) is 0 Å². The minimum absolute atomic E-state index is 0.0176. The number of aliphatic hydroxyl groups is 2. The summed E-state index contributed by atoms with van der Waals surface area (Å²) in [6, 6.07) is -0.637. The average molecular weight is 983 g/mol. The number of hydrogen-bond donors (Lipinski definition) is 3. The van der Waals surface area contributed by atoms with E-state index in [0.29, 0.717) is 19.4 Å². The Morgan fingerprint density at radius 3 is 1.10 bits per heavy atom. The number of carbonyl (C=O) groups excluding carboxylic acids is 2. The van der Waals surface area contributed by atoms with Crippen molar-refractivity contribution in [1.82, 2.24) is 5.32 Å². The predicted molar refractivity (Wildman–Crippen MR) is 306 cm³/mol. The molecule has 0 aliphatic carbocycles. The van der Waals surface area contributed by atoms with E-state index in [4.69, 9.17) is 4.74 Å². The number of rotatable bonds is 57. The zero-order valence-electron chi connectivity index (χ0n) is 46.7. The highest BCUT2D eigenvalue weighted by Crippen LogP contribution is 2.16. The number of unbranched alkanes of at least 4 members (excludes halogenated alkanes) is 41. The van der Waals surface area contributed by atoms with Crippen molar-refractivity contribution in [3.05, 3.63) is 48.6 Å². The van der Waals surface area contributed by atoms with Crippen molar-refractivity contribution < 1.29 is 24.5 Å². The number of amides is 1. The van der Waals surface area contributed by atoms with Gasteiger partial charge in [0.2, 0.25) is 5.91 Å². The fourth-order valence-electron chi connectivity index (χ4n) is 9.33. The molecule has 2 unspecified atom stereocenters. The molecule has 0 aromatic rings. The molecule has 0 saturated heterocycles. The lowest BCUT2D eigenvalue weighted by molar-refractivity contribution is -0.143. The van der Waals surface area contributed by atoms with Crippen LogP contribution in [0.25, 0.3) is 0 Å². The number of aliphatic hydroxyl groups excluding tert-OH is 2. The summed E-state index contributed by atoms with van der Waals surface area (Å²) in [6.07, 6.45) is 75.7. The third-order valence-corrected chi connectivity index (χ3v) is 14.1. The monoisotopic (exact) mass is 982 g/mol. The fraction of sp³-hybridized carbons (Fsp3) is 0.844. The third kappa shape index (κ3) is 55.1. The van der Waals surface area contributed by atoms with Crippen LogP contribution in [-0.2, 0) is 14.3 Å². The molecule has 0 spiro atoms. The summed E-state index contributed by atoms with van der Waals surface area (Å²) in [5.74, 6) is -0.0945. The molecule has 6 heteroatoms. The number of ether oxygens (including phenoxy) is 1. The second-order valence-electron chi connectivity index (χ2n) is 21.1. The largest absolute Gasteiger partial charge is 0.466 e. The molecule has 410 valence electrons. The second kappa shape index (κ2) is 59.4. The summed E-state index contributed by atoms with van der Waals surface area (Å²) in [5.41, 5.74) is 0. The number of nitrogens with one attached hydrogen (secondary N) is 1. The number of carbonyl (C=O) groups is 2. The molecule has 0 aliphatic heterocycles. The Morgan fingerprint density at radius 2 is 0.714 bits per heavy atom. The van der Waals surface area contributed by atoms with Gasteiger partial charge >= 0.3 is 5.97 Å². The van der Waals surface area contributed by atoms with E-state index in [0.717, 1.165) is 77.0 Å². The molecule has 0 aromatic heterocycles. The second-order valence-corrected chi connectivity index (χ2v) is 21.1. The molecule has 0 aliphatic rings. The SMILES string of the molecule is CCCCCCCC/C=C\CCCCCCCCCC(=O)OCCCCC/C=C\C=C/CCCCCCCCCCCCC(=O)NC(CO)C(O)/C=C/CCCCCCCCCCCCCCCCC. The maximum atomic E-state index is 12.5.